The predicted molar refractivity (Wildman–Crippen MR) is 268 cm³/mol. The molecule has 0 aromatic heterocycles. The number of nitrogens with zero attached hydrogens (tertiary/aromatic N) is 6. The molecular weight excluding hydrogens is 991 g/mol. The Kier molecular flexibility index (Phi) is 12.3. The summed E-state index contributed by atoms with van der Waals surface area (Å²) >= 11 is 3.54. The molecule has 6 N–H and O–H groups in total. The van der Waals surface area contributed by atoms with Crippen molar-refractivity contribution >= 4 is 51.8 Å². The van der Waals surface area contributed by atoms with Crippen molar-refractivity contribution < 1.29 is 37.3 Å². The summed E-state index contributed by atoms with van der Waals surface area (Å²) in [6, 6.07) is 31.8. The summed E-state index contributed by atoms with van der Waals surface area (Å²) in [4.78, 5) is 29.1. The molecule has 0 amide bonds. The number of benzene rings is 6. The van der Waals surface area contributed by atoms with E-state index in [-0.39, 0.29) is 5.96 Å². The van der Waals surface area contributed by atoms with Crippen LogP contribution in [0.1, 0.15) is 57.3 Å². The lowest BCUT2D eigenvalue weighted by Gasteiger charge is -2.44. The molecule has 0 saturated heterocycles. The minimum absolute atomic E-state index is 0.281. The van der Waals surface area contributed by atoms with Gasteiger partial charge >= 0.3 is 7.12 Å². The number of aliphatic imine (C=N–C) groups is 2. The molecule has 2 heterocycles. The zero-order chi connectivity index (χ0) is 50.9. The highest BCUT2D eigenvalue weighted by Gasteiger charge is 2.65. The van der Waals surface area contributed by atoms with E-state index in [1.807, 2.05) is 36.4 Å². The molecule has 0 radical (unpaired) electrons. The second-order valence-corrected chi connectivity index (χ2v) is 20.0. The molecule has 6 aromatic rings. The summed E-state index contributed by atoms with van der Waals surface area (Å²) in [5.74, 6) is -2.50. The Morgan fingerprint density at radius 1 is 0.611 bits per heavy atom. The number of hydrogen-bond donors (Lipinski definition) is 4. The fourth-order valence-electron chi connectivity index (χ4n) is 11.6. The van der Waals surface area contributed by atoms with Gasteiger partial charge in [0.25, 0.3) is 0 Å². The summed E-state index contributed by atoms with van der Waals surface area (Å²) in [5, 5.41) is 20.4. The average Bonchev–Trinajstić information content (AvgIpc) is 4.03. The SMILES string of the molecule is CN1OC2(N=C1N)c1cc(Br)ccc1CC21CCc2c(ccc(F)c2F)C1.[C-]#[N+]c1cccc(-c2ccc3c(c2)C2(N=C(N)N(C)O2)C2(CCc4c(ccc(F)c4F)C2)C3)c1.[C-]#[N+]c1cccc(B(O)O)c1. The van der Waals surface area contributed by atoms with Gasteiger partial charge in [-0.2, -0.15) is 0 Å². The summed E-state index contributed by atoms with van der Waals surface area (Å²) < 4.78 is 57.3. The van der Waals surface area contributed by atoms with Crippen molar-refractivity contribution in [2.45, 2.75) is 62.8 Å². The van der Waals surface area contributed by atoms with E-state index in [1.165, 1.54) is 28.3 Å². The van der Waals surface area contributed by atoms with E-state index in [0.29, 0.717) is 78.9 Å². The molecule has 0 bridgehead atoms. The molecule has 4 spiro atoms. The first kappa shape index (κ1) is 48.6. The topological polar surface area (TPSA) is 151 Å². The number of hydrogen-bond acceptors (Lipinski definition) is 10. The second kappa shape index (κ2) is 18.2. The molecule has 0 fully saturated rings. The van der Waals surface area contributed by atoms with E-state index < -0.39 is 52.7 Å². The van der Waals surface area contributed by atoms with Crippen molar-refractivity contribution in [3.63, 3.8) is 0 Å². The standard InChI is InChI=1S/C27H22F2N4O.C20H18BrF2N3O.C7H6BNO2/c1-31-20-5-3-4-16(12-20)17-6-7-19-15-26(27(22(19)13-17)32-25(30)33(2)34-27)11-10-21-18(14-26)8-9-23(28)24(21)29;1-26-18(24)25-20(27-26)15-8-13(21)4-2-12(15)10-19(20)7-6-14-11(9-19)3-5-16(22)17(14)23;1-9-7-4-2-3-6(5-7)8(10)11/h3-9,12-13H,10-11,14-15H2,2H3,(H2,30,32);2-5,8H,6-7,9-10H2,1H3,(H2,24,25);2-5,10-11H. The largest absolute Gasteiger partial charge is 0.487 e. The minimum atomic E-state index is -1.49. The van der Waals surface area contributed by atoms with E-state index in [0.717, 1.165) is 55.4 Å². The highest BCUT2D eigenvalue weighted by atomic mass is 79.9. The molecule has 364 valence electrons. The van der Waals surface area contributed by atoms with Gasteiger partial charge in [-0.3, -0.25) is 0 Å². The van der Waals surface area contributed by atoms with Crippen molar-refractivity contribution in [1.82, 2.24) is 10.1 Å². The van der Waals surface area contributed by atoms with Crippen molar-refractivity contribution in [2.75, 3.05) is 14.1 Å². The molecule has 6 aliphatic rings. The molecule has 4 atom stereocenters. The average molecular weight is 1040 g/mol. The van der Waals surface area contributed by atoms with Gasteiger partial charge < -0.3 is 21.5 Å². The van der Waals surface area contributed by atoms with Crippen LogP contribution in [0.2, 0.25) is 0 Å². The molecule has 4 unspecified atom stereocenters. The van der Waals surface area contributed by atoms with E-state index in [9.17, 15) is 17.6 Å². The van der Waals surface area contributed by atoms with Crippen LogP contribution in [0.5, 0.6) is 0 Å². The van der Waals surface area contributed by atoms with Crippen molar-refractivity contribution in [2.24, 2.45) is 32.3 Å². The minimum Gasteiger partial charge on any atom is -0.423 e. The maximum atomic E-state index is 14.5. The lowest BCUT2D eigenvalue weighted by molar-refractivity contribution is -0.224. The van der Waals surface area contributed by atoms with Crippen LogP contribution in [-0.4, -0.2) is 53.3 Å². The molecule has 18 heteroatoms. The van der Waals surface area contributed by atoms with Crippen LogP contribution in [0.4, 0.5) is 28.9 Å². The summed E-state index contributed by atoms with van der Waals surface area (Å²) in [7, 11) is 1.98. The van der Waals surface area contributed by atoms with Crippen molar-refractivity contribution in [3.05, 3.63) is 204 Å². The van der Waals surface area contributed by atoms with Gasteiger partial charge in [0.05, 0.1) is 13.1 Å². The first-order valence-corrected chi connectivity index (χ1v) is 24.0. The van der Waals surface area contributed by atoms with Gasteiger partial charge in [0.1, 0.15) is 0 Å². The maximum Gasteiger partial charge on any atom is 0.487 e. The first-order valence-electron chi connectivity index (χ1n) is 23.2. The monoisotopic (exact) mass is 1040 g/mol. The maximum absolute atomic E-state index is 14.5. The molecule has 6 aromatic carbocycles. The highest BCUT2D eigenvalue weighted by Crippen LogP contribution is 2.63. The summed E-state index contributed by atoms with van der Waals surface area (Å²) in [6.45, 7) is 14.0. The zero-order valence-electron chi connectivity index (χ0n) is 39.1. The van der Waals surface area contributed by atoms with Crippen LogP contribution in [0.3, 0.4) is 0 Å². The molecule has 4 aliphatic carbocycles. The number of halogens is 5. The lowest BCUT2D eigenvalue weighted by atomic mass is 9.65. The van der Waals surface area contributed by atoms with Gasteiger partial charge in [-0.1, -0.05) is 88.7 Å². The van der Waals surface area contributed by atoms with Crippen LogP contribution < -0.4 is 16.9 Å². The Hall–Kier alpha value is -7.06. The number of rotatable bonds is 2. The first-order chi connectivity index (χ1) is 34.4. The molecule has 12 rings (SSSR count). The van der Waals surface area contributed by atoms with Crippen molar-refractivity contribution in [3.8, 4) is 11.1 Å². The fraction of sp³-hybridized carbons (Fsp3) is 0.259. The number of guanidine groups is 2. The third kappa shape index (κ3) is 7.89. The number of hydroxylamine groups is 4. The van der Waals surface area contributed by atoms with Gasteiger partial charge in [0.2, 0.25) is 23.4 Å². The van der Waals surface area contributed by atoms with Crippen LogP contribution in [0, 0.1) is 47.2 Å². The summed E-state index contributed by atoms with van der Waals surface area (Å²) in [5.41, 5.74) is 19.3. The van der Waals surface area contributed by atoms with E-state index in [2.05, 4.69) is 43.8 Å². The van der Waals surface area contributed by atoms with Gasteiger partial charge in [0.15, 0.2) is 34.6 Å². The molecular formula is C54H46BBrF4N8O4. The third-order valence-corrected chi connectivity index (χ3v) is 15.6. The molecule has 0 saturated carbocycles. The smallest absolute Gasteiger partial charge is 0.423 e. The van der Waals surface area contributed by atoms with Gasteiger partial charge in [-0.15, -0.1) is 0 Å². The fourth-order valence-corrected chi connectivity index (χ4v) is 12.0. The van der Waals surface area contributed by atoms with Gasteiger partial charge in [0, 0.05) is 40.5 Å². The van der Waals surface area contributed by atoms with Crippen molar-refractivity contribution in [1.29, 1.82) is 0 Å². The number of nitrogens with two attached hydrogens (primary N) is 2. The van der Waals surface area contributed by atoms with Gasteiger partial charge in [-0.05, 0) is 138 Å². The van der Waals surface area contributed by atoms with Crippen LogP contribution in [0.15, 0.2) is 124 Å². The Labute approximate surface area is 422 Å². The second-order valence-electron chi connectivity index (χ2n) is 19.1. The van der Waals surface area contributed by atoms with Gasteiger partial charge in [-0.25, -0.2) is 57.0 Å². The Bertz CT molecular complexity index is 3370. The molecule has 12 nitrogen and oxygen atoms in total. The normalized spacial score (nSPS) is 23.8. The summed E-state index contributed by atoms with van der Waals surface area (Å²) in [6.07, 6.45) is 4.55. The third-order valence-electron chi connectivity index (χ3n) is 15.1. The lowest BCUT2D eigenvalue weighted by Crippen LogP contribution is -2.47. The Morgan fingerprint density at radius 3 is 1.57 bits per heavy atom. The molecule has 2 aliphatic heterocycles. The number of fused-ring (bicyclic) bond motifs is 8. The van der Waals surface area contributed by atoms with E-state index in [4.69, 9.17) is 54.3 Å². The Balaban J connectivity index is 0.000000140. The highest BCUT2D eigenvalue weighted by molar-refractivity contribution is 9.10. The predicted octanol–water partition coefficient (Wildman–Crippen LogP) is 8.98. The van der Waals surface area contributed by atoms with Crippen LogP contribution in [-0.2, 0) is 59.7 Å². The van der Waals surface area contributed by atoms with E-state index >= 15 is 0 Å². The molecule has 72 heavy (non-hydrogen) atoms. The van der Waals surface area contributed by atoms with Crippen LogP contribution >= 0.6 is 15.9 Å². The van der Waals surface area contributed by atoms with E-state index in [1.54, 1.807) is 50.5 Å². The van der Waals surface area contributed by atoms with Crippen LogP contribution in [0.25, 0.3) is 20.8 Å². The zero-order valence-corrected chi connectivity index (χ0v) is 40.7. The Morgan fingerprint density at radius 2 is 1.07 bits per heavy atom. The quantitative estimate of drug-likeness (QED) is 0.0763.